The van der Waals surface area contributed by atoms with Crippen LogP contribution in [0.1, 0.15) is 27.2 Å². The SMILES string of the molecule is CCOC1CC(N)(C(=O)Nc2ccc(Br)cc2)C1(C)C.Cl. The van der Waals surface area contributed by atoms with Crippen LogP contribution >= 0.6 is 28.3 Å². The lowest BCUT2D eigenvalue weighted by Crippen LogP contribution is -2.74. The topological polar surface area (TPSA) is 64.3 Å². The molecular weight excluding hydrogens is 356 g/mol. The molecular formula is C15H22BrClN2O2. The van der Waals surface area contributed by atoms with Gasteiger partial charge in [0.25, 0.3) is 0 Å². The zero-order valence-corrected chi connectivity index (χ0v) is 14.9. The number of nitrogens with two attached hydrogens (primary N) is 1. The highest BCUT2D eigenvalue weighted by molar-refractivity contribution is 9.10. The van der Waals surface area contributed by atoms with Crippen LogP contribution in [-0.2, 0) is 9.53 Å². The molecule has 2 unspecified atom stereocenters. The lowest BCUT2D eigenvalue weighted by atomic mass is 9.54. The normalized spacial score (nSPS) is 26.4. The maximum absolute atomic E-state index is 12.5. The molecule has 1 amide bonds. The Morgan fingerprint density at radius 3 is 2.48 bits per heavy atom. The number of amides is 1. The zero-order valence-electron chi connectivity index (χ0n) is 12.5. The van der Waals surface area contributed by atoms with E-state index >= 15 is 0 Å². The second-order valence-electron chi connectivity index (χ2n) is 5.80. The molecule has 2 rings (SSSR count). The molecule has 0 saturated heterocycles. The highest BCUT2D eigenvalue weighted by Gasteiger charge is 2.62. The van der Waals surface area contributed by atoms with Crippen molar-refractivity contribution in [2.75, 3.05) is 11.9 Å². The van der Waals surface area contributed by atoms with E-state index in [1.54, 1.807) is 0 Å². The first-order valence-corrected chi connectivity index (χ1v) is 7.58. The first-order valence-electron chi connectivity index (χ1n) is 6.79. The fraction of sp³-hybridized carbons (Fsp3) is 0.533. The monoisotopic (exact) mass is 376 g/mol. The molecule has 0 spiro atoms. The zero-order chi connectivity index (χ0) is 15.0. The van der Waals surface area contributed by atoms with Crippen molar-refractivity contribution >= 4 is 39.9 Å². The van der Waals surface area contributed by atoms with Gasteiger partial charge in [0.15, 0.2) is 0 Å². The molecule has 6 heteroatoms. The van der Waals surface area contributed by atoms with Gasteiger partial charge in [0.1, 0.15) is 5.54 Å². The van der Waals surface area contributed by atoms with Crippen LogP contribution in [0.25, 0.3) is 0 Å². The molecule has 3 N–H and O–H groups in total. The van der Waals surface area contributed by atoms with Crippen LogP contribution in [0.5, 0.6) is 0 Å². The minimum Gasteiger partial charge on any atom is -0.378 e. The molecule has 0 bridgehead atoms. The van der Waals surface area contributed by atoms with Crippen LogP contribution in [0.2, 0.25) is 0 Å². The number of ether oxygens (including phenoxy) is 1. The number of carbonyl (C=O) groups is 1. The summed E-state index contributed by atoms with van der Waals surface area (Å²) in [6, 6.07) is 7.45. The van der Waals surface area contributed by atoms with E-state index in [0.29, 0.717) is 13.0 Å². The highest BCUT2D eigenvalue weighted by Crippen LogP contribution is 2.50. The number of anilines is 1. The summed E-state index contributed by atoms with van der Waals surface area (Å²) >= 11 is 3.37. The van der Waals surface area contributed by atoms with Crippen molar-refractivity contribution in [2.24, 2.45) is 11.1 Å². The lowest BCUT2D eigenvalue weighted by molar-refractivity contribution is -0.166. The van der Waals surface area contributed by atoms with Crippen LogP contribution in [0.4, 0.5) is 5.69 Å². The van der Waals surface area contributed by atoms with Crippen molar-refractivity contribution in [1.82, 2.24) is 0 Å². The van der Waals surface area contributed by atoms with Gasteiger partial charge in [-0.25, -0.2) is 0 Å². The van der Waals surface area contributed by atoms with Gasteiger partial charge in [-0.05, 0) is 31.2 Å². The van der Waals surface area contributed by atoms with Crippen LogP contribution in [0.15, 0.2) is 28.7 Å². The van der Waals surface area contributed by atoms with Crippen LogP contribution in [-0.4, -0.2) is 24.2 Å². The van der Waals surface area contributed by atoms with Gasteiger partial charge >= 0.3 is 0 Å². The summed E-state index contributed by atoms with van der Waals surface area (Å²) in [7, 11) is 0. The van der Waals surface area contributed by atoms with Crippen molar-refractivity contribution in [3.63, 3.8) is 0 Å². The Bertz CT molecular complexity index is 507. The molecule has 0 radical (unpaired) electrons. The standard InChI is InChI=1S/C15H21BrN2O2.ClH/c1-4-20-12-9-15(17,14(12,2)3)13(19)18-11-7-5-10(16)6-8-11;/h5-8,12H,4,9,17H2,1-3H3,(H,18,19);1H. The van der Waals surface area contributed by atoms with Gasteiger partial charge in [-0.2, -0.15) is 0 Å². The van der Waals surface area contributed by atoms with Gasteiger partial charge < -0.3 is 15.8 Å². The maximum Gasteiger partial charge on any atom is 0.245 e. The third kappa shape index (κ3) is 3.26. The van der Waals surface area contributed by atoms with E-state index in [0.717, 1.165) is 10.2 Å². The molecule has 1 saturated carbocycles. The van der Waals surface area contributed by atoms with E-state index in [9.17, 15) is 4.79 Å². The summed E-state index contributed by atoms with van der Waals surface area (Å²) in [6.07, 6.45) is 0.587. The van der Waals surface area contributed by atoms with Crippen LogP contribution in [0.3, 0.4) is 0 Å². The van der Waals surface area contributed by atoms with Crippen LogP contribution in [0, 0.1) is 5.41 Å². The van der Waals surface area contributed by atoms with Crippen molar-refractivity contribution in [2.45, 2.75) is 38.8 Å². The second kappa shape index (κ2) is 6.65. The van der Waals surface area contributed by atoms with E-state index in [1.165, 1.54) is 0 Å². The van der Waals surface area contributed by atoms with Crippen molar-refractivity contribution in [3.05, 3.63) is 28.7 Å². The molecule has 2 atom stereocenters. The third-order valence-corrected chi connectivity index (χ3v) is 4.87. The van der Waals surface area contributed by atoms with E-state index < -0.39 is 5.54 Å². The molecule has 118 valence electrons. The van der Waals surface area contributed by atoms with Gasteiger partial charge in [0.2, 0.25) is 5.91 Å². The van der Waals surface area contributed by atoms with Crippen molar-refractivity contribution in [1.29, 1.82) is 0 Å². The summed E-state index contributed by atoms with van der Waals surface area (Å²) in [5.41, 5.74) is 5.81. The number of hydrogen-bond donors (Lipinski definition) is 2. The molecule has 1 aliphatic carbocycles. The molecule has 1 aromatic carbocycles. The maximum atomic E-state index is 12.5. The third-order valence-electron chi connectivity index (χ3n) is 4.34. The van der Waals surface area contributed by atoms with Crippen LogP contribution < -0.4 is 11.1 Å². The van der Waals surface area contributed by atoms with E-state index in [2.05, 4.69) is 21.2 Å². The largest absolute Gasteiger partial charge is 0.378 e. The quantitative estimate of drug-likeness (QED) is 0.846. The molecule has 0 aromatic heterocycles. The first kappa shape index (κ1) is 18.4. The van der Waals surface area contributed by atoms with Gasteiger partial charge in [-0.15, -0.1) is 12.4 Å². The van der Waals surface area contributed by atoms with E-state index in [1.807, 2.05) is 45.0 Å². The molecule has 0 heterocycles. The number of benzene rings is 1. The summed E-state index contributed by atoms with van der Waals surface area (Å²) in [5, 5.41) is 2.89. The van der Waals surface area contributed by atoms with Gasteiger partial charge in [0, 0.05) is 28.6 Å². The molecule has 0 aliphatic heterocycles. The van der Waals surface area contributed by atoms with Crippen molar-refractivity contribution in [3.8, 4) is 0 Å². The minimum absolute atomic E-state index is 0. The molecule has 21 heavy (non-hydrogen) atoms. The minimum atomic E-state index is -0.889. The molecule has 1 fully saturated rings. The first-order chi connectivity index (χ1) is 9.31. The molecule has 1 aromatic rings. The summed E-state index contributed by atoms with van der Waals surface area (Å²) in [6.45, 7) is 6.56. The second-order valence-corrected chi connectivity index (χ2v) is 6.72. The Hall–Kier alpha value is -0.620. The molecule has 1 aliphatic rings. The Labute approximate surface area is 140 Å². The number of rotatable bonds is 4. The lowest BCUT2D eigenvalue weighted by Gasteiger charge is -2.57. The Balaban J connectivity index is 0.00000220. The Morgan fingerprint density at radius 1 is 1.43 bits per heavy atom. The number of carbonyl (C=O) groups excluding carboxylic acids is 1. The van der Waals surface area contributed by atoms with Crippen molar-refractivity contribution < 1.29 is 9.53 Å². The number of nitrogens with one attached hydrogen (secondary N) is 1. The predicted molar refractivity (Wildman–Crippen MR) is 90.8 cm³/mol. The Morgan fingerprint density at radius 2 is 2.00 bits per heavy atom. The van der Waals surface area contributed by atoms with Gasteiger partial charge in [-0.3, -0.25) is 4.79 Å². The Kier molecular flexibility index (Phi) is 5.83. The summed E-state index contributed by atoms with van der Waals surface area (Å²) in [5.74, 6) is -0.152. The number of hydrogen-bond acceptors (Lipinski definition) is 3. The smallest absolute Gasteiger partial charge is 0.245 e. The summed E-state index contributed by atoms with van der Waals surface area (Å²) in [4.78, 5) is 12.5. The fourth-order valence-electron chi connectivity index (χ4n) is 2.60. The summed E-state index contributed by atoms with van der Waals surface area (Å²) < 4.78 is 6.61. The fourth-order valence-corrected chi connectivity index (χ4v) is 2.86. The van der Waals surface area contributed by atoms with E-state index in [-0.39, 0.29) is 29.8 Å². The predicted octanol–water partition coefficient (Wildman–Crippen LogP) is 3.34. The average Bonchev–Trinajstić information content (AvgIpc) is 2.40. The molecule has 4 nitrogen and oxygen atoms in total. The highest BCUT2D eigenvalue weighted by atomic mass is 79.9. The van der Waals surface area contributed by atoms with Gasteiger partial charge in [-0.1, -0.05) is 29.8 Å². The number of halogens is 2. The van der Waals surface area contributed by atoms with E-state index in [4.69, 9.17) is 10.5 Å². The average molecular weight is 378 g/mol. The van der Waals surface area contributed by atoms with Gasteiger partial charge in [0.05, 0.1) is 6.10 Å².